The fourth-order valence-electron chi connectivity index (χ4n) is 3.03. The van der Waals surface area contributed by atoms with Crippen molar-refractivity contribution < 1.29 is 4.74 Å². The SMILES string of the molecule is CCOc1ccc(NC(=S)N[C@@H]2CCCc3ccccc32)cc1. The molecule has 3 rings (SSSR count). The highest BCUT2D eigenvalue weighted by Gasteiger charge is 2.20. The molecule has 0 aromatic heterocycles. The molecule has 23 heavy (non-hydrogen) atoms. The van der Waals surface area contributed by atoms with Crippen LogP contribution in [-0.2, 0) is 6.42 Å². The highest BCUT2D eigenvalue weighted by atomic mass is 32.1. The highest BCUT2D eigenvalue weighted by molar-refractivity contribution is 7.80. The van der Waals surface area contributed by atoms with Crippen molar-refractivity contribution in [1.29, 1.82) is 0 Å². The number of thiocarbonyl (C=S) groups is 1. The van der Waals surface area contributed by atoms with Gasteiger partial charge in [-0.15, -0.1) is 0 Å². The van der Waals surface area contributed by atoms with Gasteiger partial charge in [0.1, 0.15) is 5.75 Å². The summed E-state index contributed by atoms with van der Waals surface area (Å²) in [7, 11) is 0. The summed E-state index contributed by atoms with van der Waals surface area (Å²) in [6.07, 6.45) is 3.47. The van der Waals surface area contributed by atoms with E-state index in [2.05, 4.69) is 34.9 Å². The van der Waals surface area contributed by atoms with E-state index in [0.717, 1.165) is 24.3 Å². The van der Waals surface area contributed by atoms with Crippen LogP contribution in [0.4, 0.5) is 5.69 Å². The smallest absolute Gasteiger partial charge is 0.171 e. The number of aryl methyl sites for hydroxylation is 1. The van der Waals surface area contributed by atoms with Crippen molar-refractivity contribution in [3.05, 3.63) is 59.7 Å². The van der Waals surface area contributed by atoms with Crippen molar-refractivity contribution >= 4 is 23.0 Å². The number of fused-ring (bicyclic) bond motifs is 1. The Morgan fingerprint density at radius 1 is 1.17 bits per heavy atom. The topological polar surface area (TPSA) is 33.3 Å². The quantitative estimate of drug-likeness (QED) is 0.813. The molecule has 120 valence electrons. The summed E-state index contributed by atoms with van der Waals surface area (Å²) in [5, 5.41) is 7.37. The molecule has 2 aromatic carbocycles. The molecule has 0 unspecified atom stereocenters. The molecule has 1 aliphatic rings. The van der Waals surface area contributed by atoms with Crippen LogP contribution in [0.2, 0.25) is 0 Å². The lowest BCUT2D eigenvalue weighted by molar-refractivity contribution is 0.340. The third-order valence-electron chi connectivity index (χ3n) is 4.10. The Kier molecular flexibility index (Phi) is 5.13. The first-order chi connectivity index (χ1) is 11.3. The van der Waals surface area contributed by atoms with Gasteiger partial charge in [-0.2, -0.15) is 0 Å². The van der Waals surface area contributed by atoms with Crippen LogP contribution in [0.1, 0.15) is 36.9 Å². The molecule has 4 heteroatoms. The van der Waals surface area contributed by atoms with Gasteiger partial charge in [0, 0.05) is 5.69 Å². The minimum Gasteiger partial charge on any atom is -0.494 e. The van der Waals surface area contributed by atoms with Gasteiger partial charge in [0.05, 0.1) is 12.6 Å². The van der Waals surface area contributed by atoms with E-state index in [1.807, 2.05) is 31.2 Å². The predicted molar refractivity (Wildman–Crippen MR) is 99.1 cm³/mol. The maximum absolute atomic E-state index is 5.48. The highest BCUT2D eigenvalue weighted by Crippen LogP contribution is 2.29. The van der Waals surface area contributed by atoms with E-state index in [9.17, 15) is 0 Å². The van der Waals surface area contributed by atoms with Gasteiger partial charge in [0.25, 0.3) is 0 Å². The van der Waals surface area contributed by atoms with Gasteiger partial charge in [-0.1, -0.05) is 24.3 Å². The molecular weight excluding hydrogens is 304 g/mol. The Bertz CT molecular complexity index is 669. The molecule has 1 aliphatic carbocycles. The van der Waals surface area contributed by atoms with Crippen LogP contribution in [-0.4, -0.2) is 11.7 Å². The number of nitrogens with one attached hydrogen (secondary N) is 2. The Labute approximate surface area is 143 Å². The van der Waals surface area contributed by atoms with Crippen LogP contribution in [0.5, 0.6) is 5.75 Å². The van der Waals surface area contributed by atoms with E-state index in [0.29, 0.717) is 17.8 Å². The second-order valence-corrected chi connectivity index (χ2v) is 6.11. The average molecular weight is 326 g/mol. The molecule has 0 aliphatic heterocycles. The number of hydrogen-bond acceptors (Lipinski definition) is 2. The van der Waals surface area contributed by atoms with Crippen molar-refractivity contribution in [2.45, 2.75) is 32.2 Å². The lowest BCUT2D eigenvalue weighted by Gasteiger charge is -2.27. The second kappa shape index (κ2) is 7.47. The number of rotatable bonds is 4. The van der Waals surface area contributed by atoms with Crippen LogP contribution >= 0.6 is 12.2 Å². The molecule has 2 N–H and O–H groups in total. The number of ether oxygens (including phenoxy) is 1. The second-order valence-electron chi connectivity index (χ2n) is 5.70. The summed E-state index contributed by atoms with van der Waals surface area (Å²) in [5.74, 6) is 0.873. The van der Waals surface area contributed by atoms with Crippen molar-refractivity contribution in [1.82, 2.24) is 5.32 Å². The van der Waals surface area contributed by atoms with Gasteiger partial charge in [0.2, 0.25) is 0 Å². The van der Waals surface area contributed by atoms with E-state index in [4.69, 9.17) is 17.0 Å². The van der Waals surface area contributed by atoms with Crippen LogP contribution in [0, 0.1) is 0 Å². The van der Waals surface area contributed by atoms with E-state index in [1.54, 1.807) is 0 Å². The molecule has 0 bridgehead atoms. The summed E-state index contributed by atoms with van der Waals surface area (Å²) in [6.45, 7) is 2.65. The molecule has 2 aromatic rings. The number of hydrogen-bond donors (Lipinski definition) is 2. The van der Waals surface area contributed by atoms with Gasteiger partial charge in [0.15, 0.2) is 5.11 Å². The predicted octanol–water partition coefficient (Wildman–Crippen LogP) is 4.45. The zero-order valence-corrected chi connectivity index (χ0v) is 14.2. The van der Waals surface area contributed by atoms with Crippen molar-refractivity contribution in [3.8, 4) is 5.75 Å². The molecule has 1 atom stereocenters. The first kappa shape index (κ1) is 15.8. The Morgan fingerprint density at radius 2 is 1.96 bits per heavy atom. The molecular formula is C19H22N2OS. The maximum Gasteiger partial charge on any atom is 0.171 e. The molecule has 0 heterocycles. The minimum atomic E-state index is 0.294. The van der Waals surface area contributed by atoms with Crippen LogP contribution < -0.4 is 15.4 Å². The van der Waals surface area contributed by atoms with Crippen molar-refractivity contribution in [2.24, 2.45) is 0 Å². The van der Waals surface area contributed by atoms with Gasteiger partial charge < -0.3 is 15.4 Å². The van der Waals surface area contributed by atoms with E-state index < -0.39 is 0 Å². The standard InChI is InChI=1S/C19H22N2OS/c1-2-22-16-12-10-15(11-13-16)20-19(23)21-18-9-5-7-14-6-3-4-8-17(14)18/h3-4,6,8,10-13,18H,2,5,7,9H2,1H3,(H2,20,21,23)/t18-/m1/s1. The molecule has 3 nitrogen and oxygen atoms in total. The van der Waals surface area contributed by atoms with Crippen molar-refractivity contribution in [3.63, 3.8) is 0 Å². The van der Waals surface area contributed by atoms with Gasteiger partial charge in [-0.25, -0.2) is 0 Å². The molecule has 0 spiro atoms. The molecule has 0 saturated heterocycles. The Morgan fingerprint density at radius 3 is 2.74 bits per heavy atom. The van der Waals surface area contributed by atoms with Crippen LogP contribution in [0.15, 0.2) is 48.5 Å². The minimum absolute atomic E-state index is 0.294. The lowest BCUT2D eigenvalue weighted by Crippen LogP contribution is -2.34. The monoisotopic (exact) mass is 326 g/mol. The van der Waals surface area contributed by atoms with Gasteiger partial charge in [-0.05, 0) is 73.8 Å². The van der Waals surface area contributed by atoms with Crippen LogP contribution in [0.3, 0.4) is 0 Å². The Balaban J connectivity index is 1.62. The van der Waals surface area contributed by atoms with Crippen molar-refractivity contribution in [2.75, 3.05) is 11.9 Å². The fraction of sp³-hybridized carbons (Fsp3) is 0.316. The largest absolute Gasteiger partial charge is 0.494 e. The number of benzene rings is 2. The summed E-state index contributed by atoms with van der Waals surface area (Å²) in [4.78, 5) is 0. The Hall–Kier alpha value is -2.07. The number of anilines is 1. The first-order valence-corrected chi connectivity index (χ1v) is 8.55. The summed E-state index contributed by atoms with van der Waals surface area (Å²) in [6, 6.07) is 16.8. The summed E-state index contributed by atoms with van der Waals surface area (Å²) < 4.78 is 5.45. The first-order valence-electron chi connectivity index (χ1n) is 8.14. The zero-order valence-electron chi connectivity index (χ0n) is 13.3. The maximum atomic E-state index is 5.48. The zero-order chi connectivity index (χ0) is 16.1. The third kappa shape index (κ3) is 4.02. The molecule has 0 fully saturated rings. The normalized spacial score (nSPS) is 16.3. The van der Waals surface area contributed by atoms with Gasteiger partial charge >= 0.3 is 0 Å². The van der Waals surface area contributed by atoms with Crippen LogP contribution in [0.25, 0.3) is 0 Å². The fourth-order valence-corrected chi connectivity index (χ4v) is 3.29. The molecule has 0 radical (unpaired) electrons. The average Bonchev–Trinajstić information content (AvgIpc) is 2.57. The van der Waals surface area contributed by atoms with E-state index in [1.165, 1.54) is 17.5 Å². The third-order valence-corrected chi connectivity index (χ3v) is 4.32. The summed E-state index contributed by atoms with van der Waals surface area (Å²) in [5.41, 5.74) is 3.77. The molecule has 0 saturated carbocycles. The van der Waals surface area contributed by atoms with E-state index >= 15 is 0 Å². The van der Waals surface area contributed by atoms with Gasteiger partial charge in [-0.3, -0.25) is 0 Å². The lowest BCUT2D eigenvalue weighted by atomic mass is 9.88. The van der Waals surface area contributed by atoms with E-state index in [-0.39, 0.29) is 0 Å². The summed E-state index contributed by atoms with van der Waals surface area (Å²) >= 11 is 5.48. The molecule has 0 amide bonds.